The van der Waals surface area contributed by atoms with Crippen LogP contribution in [0.2, 0.25) is 0 Å². The van der Waals surface area contributed by atoms with Crippen LogP contribution in [-0.2, 0) is 10.0 Å². The molecule has 1 saturated carbocycles. The van der Waals surface area contributed by atoms with Gasteiger partial charge in [-0.05, 0) is 32.7 Å². The molecule has 1 heterocycles. The van der Waals surface area contributed by atoms with Crippen LogP contribution in [-0.4, -0.2) is 42.1 Å². The number of aromatic nitrogens is 2. The number of H-pyrrole nitrogens is 1. The minimum Gasteiger partial charge on any atom is -0.330 e. The topological polar surface area (TPSA) is 92.1 Å². The number of nitrogens with two attached hydrogens (primary N) is 1. The normalized spacial score (nSPS) is 17.4. The Labute approximate surface area is 114 Å². The Bertz CT molecular complexity index is 506. The van der Waals surface area contributed by atoms with Crippen LogP contribution in [0.5, 0.6) is 0 Å². The zero-order chi connectivity index (χ0) is 13.9. The summed E-state index contributed by atoms with van der Waals surface area (Å²) in [5.41, 5.74) is 6.12. The molecule has 0 atom stereocenters. The zero-order valence-corrected chi connectivity index (χ0v) is 12.1. The Hall–Kier alpha value is -0.920. The van der Waals surface area contributed by atoms with Gasteiger partial charge in [0.2, 0.25) is 10.0 Å². The van der Waals surface area contributed by atoms with E-state index in [0.29, 0.717) is 25.2 Å². The number of nitrogens with zero attached hydrogens (tertiary/aromatic N) is 2. The first-order chi connectivity index (χ1) is 9.07. The molecule has 7 heteroatoms. The third-order valence-electron chi connectivity index (χ3n) is 3.68. The molecule has 1 aromatic heterocycles. The summed E-state index contributed by atoms with van der Waals surface area (Å²) >= 11 is 0. The molecular formula is C12H22N4O2S. The molecule has 0 aliphatic heterocycles. The van der Waals surface area contributed by atoms with Crippen molar-refractivity contribution in [1.29, 1.82) is 0 Å². The number of aromatic amines is 1. The molecule has 1 aliphatic rings. The third kappa shape index (κ3) is 2.98. The summed E-state index contributed by atoms with van der Waals surface area (Å²) in [6.07, 6.45) is 6.18. The number of hydrogen-bond acceptors (Lipinski definition) is 4. The summed E-state index contributed by atoms with van der Waals surface area (Å²) < 4.78 is 27.1. The van der Waals surface area contributed by atoms with Crippen molar-refractivity contribution in [2.45, 2.75) is 50.0 Å². The largest absolute Gasteiger partial charge is 0.330 e. The summed E-state index contributed by atoms with van der Waals surface area (Å²) in [6.45, 7) is 2.73. The van der Waals surface area contributed by atoms with E-state index in [1.165, 1.54) is 6.20 Å². The molecule has 1 aliphatic carbocycles. The van der Waals surface area contributed by atoms with Gasteiger partial charge in [0.1, 0.15) is 4.90 Å². The van der Waals surface area contributed by atoms with E-state index in [4.69, 9.17) is 5.73 Å². The monoisotopic (exact) mass is 286 g/mol. The Morgan fingerprint density at radius 3 is 2.68 bits per heavy atom. The zero-order valence-electron chi connectivity index (χ0n) is 11.3. The first-order valence-electron chi connectivity index (χ1n) is 6.79. The fourth-order valence-electron chi connectivity index (χ4n) is 2.66. The number of hydrogen-bond donors (Lipinski definition) is 2. The van der Waals surface area contributed by atoms with Gasteiger partial charge in [-0.1, -0.05) is 12.8 Å². The molecule has 3 N–H and O–H groups in total. The number of aryl methyl sites for hydroxylation is 1. The van der Waals surface area contributed by atoms with Crippen LogP contribution in [0.3, 0.4) is 0 Å². The maximum Gasteiger partial charge on any atom is 0.246 e. The second-order valence-electron chi connectivity index (χ2n) is 5.06. The summed E-state index contributed by atoms with van der Waals surface area (Å²) in [7, 11) is -3.46. The van der Waals surface area contributed by atoms with Gasteiger partial charge in [0.15, 0.2) is 0 Å². The molecule has 108 valence electrons. The van der Waals surface area contributed by atoms with E-state index in [1.54, 1.807) is 11.2 Å². The Balaban J connectivity index is 2.28. The van der Waals surface area contributed by atoms with Gasteiger partial charge in [-0.2, -0.15) is 9.40 Å². The van der Waals surface area contributed by atoms with Gasteiger partial charge in [0.25, 0.3) is 0 Å². The fourth-order valence-corrected chi connectivity index (χ4v) is 4.51. The van der Waals surface area contributed by atoms with Crippen LogP contribution >= 0.6 is 0 Å². The number of sulfonamides is 1. The maximum atomic E-state index is 12.7. The molecule has 0 spiro atoms. The van der Waals surface area contributed by atoms with Crippen molar-refractivity contribution < 1.29 is 8.42 Å². The Kier molecular flexibility index (Phi) is 4.59. The average Bonchev–Trinajstić information content (AvgIpc) is 3.00. The first-order valence-corrected chi connectivity index (χ1v) is 8.23. The Morgan fingerprint density at radius 1 is 1.47 bits per heavy atom. The summed E-state index contributed by atoms with van der Waals surface area (Å²) in [5.74, 6) is 0. The lowest BCUT2D eigenvalue weighted by molar-refractivity contribution is 0.320. The van der Waals surface area contributed by atoms with Crippen molar-refractivity contribution in [3.05, 3.63) is 11.9 Å². The van der Waals surface area contributed by atoms with Crippen LogP contribution in [0.25, 0.3) is 0 Å². The van der Waals surface area contributed by atoms with E-state index in [2.05, 4.69) is 10.2 Å². The van der Waals surface area contributed by atoms with Gasteiger partial charge in [-0.25, -0.2) is 8.42 Å². The second-order valence-corrected chi connectivity index (χ2v) is 6.91. The third-order valence-corrected chi connectivity index (χ3v) is 5.75. The first kappa shape index (κ1) is 14.5. The minimum absolute atomic E-state index is 0.117. The fraction of sp³-hybridized carbons (Fsp3) is 0.750. The van der Waals surface area contributed by atoms with Gasteiger partial charge < -0.3 is 5.73 Å². The molecule has 19 heavy (non-hydrogen) atoms. The summed E-state index contributed by atoms with van der Waals surface area (Å²) in [5, 5.41) is 6.52. The SMILES string of the molecule is Cc1[nH]ncc1S(=O)(=O)N(CCCN)C1CCCC1. The predicted molar refractivity (Wildman–Crippen MR) is 73.1 cm³/mol. The average molecular weight is 286 g/mol. The maximum absolute atomic E-state index is 12.7. The van der Waals surface area contributed by atoms with Crippen molar-refractivity contribution in [2.75, 3.05) is 13.1 Å². The molecule has 0 saturated heterocycles. The molecule has 6 nitrogen and oxygen atoms in total. The van der Waals surface area contributed by atoms with Crippen molar-refractivity contribution in [2.24, 2.45) is 5.73 Å². The van der Waals surface area contributed by atoms with E-state index in [9.17, 15) is 8.42 Å². The van der Waals surface area contributed by atoms with E-state index >= 15 is 0 Å². The van der Waals surface area contributed by atoms with Gasteiger partial charge in [0, 0.05) is 12.6 Å². The highest BCUT2D eigenvalue weighted by molar-refractivity contribution is 7.89. The second kappa shape index (κ2) is 6.02. The molecule has 0 bridgehead atoms. The Morgan fingerprint density at radius 2 is 2.16 bits per heavy atom. The van der Waals surface area contributed by atoms with Crippen LogP contribution < -0.4 is 5.73 Å². The van der Waals surface area contributed by atoms with E-state index in [0.717, 1.165) is 25.7 Å². The van der Waals surface area contributed by atoms with E-state index < -0.39 is 10.0 Å². The van der Waals surface area contributed by atoms with E-state index in [-0.39, 0.29) is 10.9 Å². The van der Waals surface area contributed by atoms with Gasteiger partial charge >= 0.3 is 0 Å². The lowest BCUT2D eigenvalue weighted by Gasteiger charge is -2.27. The standard InChI is InChI=1S/C12H22N4O2S/c1-10-12(9-14-15-10)19(17,18)16(8-4-7-13)11-5-2-3-6-11/h9,11H,2-8,13H2,1H3,(H,14,15). The van der Waals surface area contributed by atoms with Gasteiger partial charge in [0.05, 0.1) is 11.9 Å². The summed E-state index contributed by atoms with van der Waals surface area (Å²) in [6, 6.07) is 0.117. The molecule has 1 aromatic rings. The smallest absolute Gasteiger partial charge is 0.246 e. The van der Waals surface area contributed by atoms with Crippen molar-refractivity contribution in [3.8, 4) is 0 Å². The minimum atomic E-state index is -3.46. The summed E-state index contributed by atoms with van der Waals surface area (Å²) in [4.78, 5) is 0.288. The van der Waals surface area contributed by atoms with Crippen molar-refractivity contribution >= 4 is 10.0 Å². The lowest BCUT2D eigenvalue weighted by atomic mass is 10.2. The molecule has 0 unspecified atom stereocenters. The molecule has 1 fully saturated rings. The number of nitrogens with one attached hydrogen (secondary N) is 1. The van der Waals surface area contributed by atoms with Crippen LogP contribution in [0.15, 0.2) is 11.1 Å². The van der Waals surface area contributed by atoms with Crippen molar-refractivity contribution in [3.63, 3.8) is 0 Å². The van der Waals surface area contributed by atoms with Crippen LogP contribution in [0, 0.1) is 6.92 Å². The van der Waals surface area contributed by atoms with E-state index in [1.807, 2.05) is 0 Å². The van der Waals surface area contributed by atoms with Crippen LogP contribution in [0.1, 0.15) is 37.8 Å². The molecule has 0 radical (unpaired) electrons. The number of rotatable bonds is 6. The highest BCUT2D eigenvalue weighted by Crippen LogP contribution is 2.29. The molecular weight excluding hydrogens is 264 g/mol. The molecule has 2 rings (SSSR count). The van der Waals surface area contributed by atoms with Crippen molar-refractivity contribution in [1.82, 2.24) is 14.5 Å². The highest BCUT2D eigenvalue weighted by Gasteiger charge is 2.34. The molecule has 0 aromatic carbocycles. The highest BCUT2D eigenvalue weighted by atomic mass is 32.2. The predicted octanol–water partition coefficient (Wildman–Crippen LogP) is 1.00. The molecule has 0 amide bonds. The lowest BCUT2D eigenvalue weighted by Crippen LogP contribution is -2.40. The van der Waals surface area contributed by atoms with Gasteiger partial charge in [-0.15, -0.1) is 0 Å². The quantitative estimate of drug-likeness (QED) is 0.816. The van der Waals surface area contributed by atoms with Crippen LogP contribution in [0.4, 0.5) is 0 Å². The van der Waals surface area contributed by atoms with Gasteiger partial charge in [-0.3, -0.25) is 5.10 Å².